The molecular formula is C30H33F2N3O3. The van der Waals surface area contributed by atoms with E-state index in [1.165, 1.54) is 17.7 Å². The summed E-state index contributed by atoms with van der Waals surface area (Å²) in [6, 6.07) is 15.5. The summed E-state index contributed by atoms with van der Waals surface area (Å²) in [6.07, 6.45) is 1.53. The van der Waals surface area contributed by atoms with Gasteiger partial charge in [-0.25, -0.2) is 13.8 Å². The smallest absolute Gasteiger partial charge is 0.251 e. The zero-order chi connectivity index (χ0) is 27.1. The standard InChI is InChI=1S/C30H33F2N3O3/c1-3-6-29-34-25-10-9-22(15-28(25)38-29)30(37)35-26(14-21-12-23(31)16-24(32)13-21)27(36)18-33-17-20-8-5-7-19(4-2)11-20/h5,7-13,15-16,26-27,33,36H,3-4,6,14,17-18H2,1-2H3,(H,35,37)/t26-,27+/m0/s1. The van der Waals surface area contributed by atoms with Crippen molar-refractivity contribution >= 4 is 17.0 Å². The van der Waals surface area contributed by atoms with Gasteiger partial charge in [-0.05, 0) is 66.3 Å². The highest BCUT2D eigenvalue weighted by atomic mass is 19.1. The van der Waals surface area contributed by atoms with E-state index >= 15 is 0 Å². The zero-order valence-electron chi connectivity index (χ0n) is 21.6. The minimum atomic E-state index is -1.02. The number of hydrogen-bond donors (Lipinski definition) is 3. The molecule has 0 fully saturated rings. The van der Waals surface area contributed by atoms with Gasteiger partial charge in [-0.2, -0.15) is 0 Å². The molecule has 6 nitrogen and oxygen atoms in total. The lowest BCUT2D eigenvalue weighted by molar-refractivity contribution is 0.0830. The third-order valence-corrected chi connectivity index (χ3v) is 6.40. The molecule has 0 saturated carbocycles. The maximum absolute atomic E-state index is 13.8. The van der Waals surface area contributed by atoms with Crippen molar-refractivity contribution in [1.29, 1.82) is 0 Å². The summed E-state index contributed by atoms with van der Waals surface area (Å²) < 4.78 is 33.4. The molecule has 0 bridgehead atoms. The number of amides is 1. The molecule has 3 N–H and O–H groups in total. The molecular weight excluding hydrogens is 488 g/mol. The van der Waals surface area contributed by atoms with Crippen LogP contribution in [0.2, 0.25) is 0 Å². The Labute approximate surface area is 221 Å². The van der Waals surface area contributed by atoms with Crippen molar-refractivity contribution in [3.63, 3.8) is 0 Å². The molecule has 1 amide bonds. The Kier molecular flexibility index (Phi) is 9.20. The van der Waals surface area contributed by atoms with Crippen LogP contribution in [-0.2, 0) is 25.8 Å². The highest BCUT2D eigenvalue weighted by Gasteiger charge is 2.23. The molecule has 4 rings (SSSR count). The number of hydrogen-bond acceptors (Lipinski definition) is 5. The lowest BCUT2D eigenvalue weighted by Crippen LogP contribution is -2.48. The average Bonchev–Trinajstić information content (AvgIpc) is 3.29. The maximum atomic E-state index is 13.8. The van der Waals surface area contributed by atoms with Crippen molar-refractivity contribution in [3.8, 4) is 0 Å². The molecule has 0 unspecified atom stereocenters. The van der Waals surface area contributed by atoms with Gasteiger partial charge < -0.3 is 20.2 Å². The van der Waals surface area contributed by atoms with E-state index in [9.17, 15) is 18.7 Å². The Bertz CT molecular complexity index is 1370. The van der Waals surface area contributed by atoms with E-state index in [2.05, 4.69) is 34.7 Å². The van der Waals surface area contributed by atoms with E-state index in [1.807, 2.05) is 19.1 Å². The van der Waals surface area contributed by atoms with Gasteiger partial charge in [-0.15, -0.1) is 0 Å². The number of rotatable bonds is 12. The molecule has 1 heterocycles. The predicted molar refractivity (Wildman–Crippen MR) is 143 cm³/mol. The number of nitrogens with one attached hydrogen (secondary N) is 2. The predicted octanol–water partition coefficient (Wildman–Crippen LogP) is 5.11. The van der Waals surface area contributed by atoms with Gasteiger partial charge in [0.05, 0.1) is 12.1 Å². The molecule has 1 aromatic heterocycles. The van der Waals surface area contributed by atoms with Crippen LogP contribution in [0, 0.1) is 11.6 Å². The third kappa shape index (κ3) is 7.24. The number of aliphatic hydroxyl groups is 1. The number of halogens is 2. The molecule has 0 aliphatic rings. The van der Waals surface area contributed by atoms with Gasteiger partial charge in [0, 0.05) is 31.1 Å². The molecule has 8 heteroatoms. The second-order valence-corrected chi connectivity index (χ2v) is 9.47. The van der Waals surface area contributed by atoms with Crippen LogP contribution in [0.15, 0.2) is 65.1 Å². The van der Waals surface area contributed by atoms with Crippen molar-refractivity contribution in [3.05, 3.63) is 100 Å². The molecule has 4 aromatic rings. The third-order valence-electron chi connectivity index (χ3n) is 6.40. The largest absolute Gasteiger partial charge is 0.441 e. The second kappa shape index (κ2) is 12.8. The van der Waals surface area contributed by atoms with Gasteiger partial charge in [0.1, 0.15) is 17.2 Å². The minimum absolute atomic E-state index is 0.0415. The summed E-state index contributed by atoms with van der Waals surface area (Å²) in [5.41, 5.74) is 4.12. The number of oxazole rings is 1. The Morgan fingerprint density at radius 2 is 1.76 bits per heavy atom. The SMILES string of the molecule is CCCc1nc2ccc(C(=O)N[C@@H](Cc3cc(F)cc(F)c3)[C@H](O)CNCc3cccc(CC)c3)cc2o1. The molecule has 0 saturated heterocycles. The summed E-state index contributed by atoms with van der Waals surface area (Å²) in [6.45, 7) is 4.81. The number of carbonyl (C=O) groups is 1. The number of nitrogens with zero attached hydrogens (tertiary/aromatic N) is 1. The molecule has 38 heavy (non-hydrogen) atoms. The molecule has 200 valence electrons. The normalized spacial score (nSPS) is 13.0. The van der Waals surface area contributed by atoms with E-state index in [4.69, 9.17) is 4.42 Å². The number of aromatic nitrogens is 1. The van der Waals surface area contributed by atoms with E-state index in [1.54, 1.807) is 18.2 Å². The number of carbonyl (C=O) groups excluding carboxylic acids is 1. The van der Waals surface area contributed by atoms with E-state index < -0.39 is 29.7 Å². The summed E-state index contributed by atoms with van der Waals surface area (Å²) >= 11 is 0. The van der Waals surface area contributed by atoms with Crippen LogP contribution in [0.1, 0.15) is 53.2 Å². The van der Waals surface area contributed by atoms with E-state index in [0.29, 0.717) is 41.1 Å². The van der Waals surface area contributed by atoms with E-state index in [0.717, 1.165) is 24.5 Å². The lowest BCUT2D eigenvalue weighted by Gasteiger charge is -2.25. The number of benzene rings is 3. The molecule has 0 radical (unpaired) electrons. The van der Waals surface area contributed by atoms with E-state index in [-0.39, 0.29) is 13.0 Å². The number of fused-ring (bicyclic) bond motifs is 1. The fourth-order valence-corrected chi connectivity index (χ4v) is 4.42. The minimum Gasteiger partial charge on any atom is -0.441 e. The molecule has 0 aliphatic carbocycles. The van der Waals surface area contributed by atoms with Gasteiger partial charge in [0.15, 0.2) is 11.5 Å². The maximum Gasteiger partial charge on any atom is 0.251 e. The number of aryl methyl sites for hydroxylation is 2. The van der Waals surface area contributed by atoms with Crippen molar-refractivity contribution < 1.29 is 23.1 Å². The molecule has 0 aliphatic heterocycles. The van der Waals surface area contributed by atoms with Gasteiger partial charge in [0.25, 0.3) is 5.91 Å². The van der Waals surface area contributed by atoms with Crippen LogP contribution in [0.4, 0.5) is 8.78 Å². The van der Waals surface area contributed by atoms with Crippen molar-refractivity contribution in [1.82, 2.24) is 15.6 Å². The zero-order valence-corrected chi connectivity index (χ0v) is 21.6. The van der Waals surface area contributed by atoms with Crippen LogP contribution < -0.4 is 10.6 Å². The lowest BCUT2D eigenvalue weighted by atomic mass is 10.00. The van der Waals surface area contributed by atoms with Crippen molar-refractivity contribution in [2.24, 2.45) is 0 Å². The van der Waals surface area contributed by atoms with Crippen LogP contribution in [0.5, 0.6) is 0 Å². The van der Waals surface area contributed by atoms with Gasteiger partial charge in [0.2, 0.25) is 0 Å². The quantitative estimate of drug-likeness (QED) is 0.241. The molecule has 3 aromatic carbocycles. The highest BCUT2D eigenvalue weighted by molar-refractivity contribution is 5.97. The number of aliphatic hydroxyl groups excluding tert-OH is 1. The van der Waals surface area contributed by atoms with Crippen LogP contribution in [0.25, 0.3) is 11.1 Å². The monoisotopic (exact) mass is 521 g/mol. The highest BCUT2D eigenvalue weighted by Crippen LogP contribution is 2.19. The van der Waals surface area contributed by atoms with Gasteiger partial charge >= 0.3 is 0 Å². The molecule has 2 atom stereocenters. The van der Waals surface area contributed by atoms with Gasteiger partial charge in [-0.1, -0.05) is 38.1 Å². The Hall–Kier alpha value is -3.62. The van der Waals surface area contributed by atoms with Crippen LogP contribution >= 0.6 is 0 Å². The first-order chi connectivity index (χ1) is 18.3. The first kappa shape index (κ1) is 27.4. The van der Waals surface area contributed by atoms with Crippen LogP contribution in [-0.4, -0.2) is 34.7 Å². The van der Waals surface area contributed by atoms with Gasteiger partial charge in [-0.3, -0.25) is 4.79 Å². The Morgan fingerprint density at radius 1 is 1.00 bits per heavy atom. The summed E-state index contributed by atoms with van der Waals surface area (Å²) in [5, 5.41) is 17.1. The Balaban J connectivity index is 1.48. The first-order valence-corrected chi connectivity index (χ1v) is 13.0. The Morgan fingerprint density at radius 3 is 2.50 bits per heavy atom. The topological polar surface area (TPSA) is 87.4 Å². The fourth-order valence-electron chi connectivity index (χ4n) is 4.42. The summed E-state index contributed by atoms with van der Waals surface area (Å²) in [5.74, 6) is -1.26. The average molecular weight is 522 g/mol. The van der Waals surface area contributed by atoms with Crippen LogP contribution in [0.3, 0.4) is 0 Å². The summed E-state index contributed by atoms with van der Waals surface area (Å²) in [4.78, 5) is 17.6. The van der Waals surface area contributed by atoms with Crippen molar-refractivity contribution in [2.45, 2.75) is 58.2 Å². The van der Waals surface area contributed by atoms with Crippen molar-refractivity contribution in [2.75, 3.05) is 6.54 Å². The molecule has 0 spiro atoms. The summed E-state index contributed by atoms with van der Waals surface area (Å²) in [7, 11) is 0. The first-order valence-electron chi connectivity index (χ1n) is 13.0. The second-order valence-electron chi connectivity index (χ2n) is 9.47. The fraction of sp³-hybridized carbons (Fsp3) is 0.333.